The topological polar surface area (TPSA) is 77.3 Å². The van der Waals surface area contributed by atoms with Crippen molar-refractivity contribution in [3.63, 3.8) is 0 Å². The molecule has 1 aliphatic rings. The van der Waals surface area contributed by atoms with E-state index in [4.69, 9.17) is 4.74 Å². The molecule has 0 amide bonds. The van der Waals surface area contributed by atoms with Crippen LogP contribution in [0.1, 0.15) is 11.3 Å². The normalized spacial score (nSPS) is 17.0. The van der Waals surface area contributed by atoms with Crippen molar-refractivity contribution in [2.24, 2.45) is 0 Å². The Labute approximate surface area is 128 Å². The van der Waals surface area contributed by atoms with Crippen LogP contribution in [0.5, 0.6) is 5.75 Å². The second-order valence-electron chi connectivity index (χ2n) is 4.96. The summed E-state index contributed by atoms with van der Waals surface area (Å²) < 4.78 is 31.6. The largest absolute Gasteiger partial charge is 0.497 e. The minimum atomic E-state index is -3.28. The van der Waals surface area contributed by atoms with Crippen LogP contribution in [0.3, 0.4) is 0 Å². The van der Waals surface area contributed by atoms with Crippen molar-refractivity contribution in [1.82, 2.24) is 19.3 Å². The summed E-state index contributed by atoms with van der Waals surface area (Å²) in [6.07, 6.45) is 3.38. The zero-order valence-electron chi connectivity index (χ0n) is 12.1. The molecule has 1 aliphatic heterocycles. The van der Waals surface area contributed by atoms with Gasteiger partial charge in [-0.25, -0.2) is 13.1 Å². The van der Waals surface area contributed by atoms with Crippen molar-refractivity contribution < 1.29 is 13.2 Å². The number of hydrogen-bond donors (Lipinski definition) is 0. The number of hydrogen-bond acceptors (Lipinski definition) is 5. The van der Waals surface area contributed by atoms with E-state index in [-0.39, 0.29) is 6.54 Å². The zero-order chi connectivity index (χ0) is 15.6. The molecule has 22 heavy (non-hydrogen) atoms. The lowest BCUT2D eigenvalue weighted by atomic mass is 10.2. The molecule has 0 saturated heterocycles. The molecule has 116 valence electrons. The van der Waals surface area contributed by atoms with Gasteiger partial charge in [-0.2, -0.15) is 4.31 Å². The van der Waals surface area contributed by atoms with Gasteiger partial charge >= 0.3 is 0 Å². The van der Waals surface area contributed by atoms with Gasteiger partial charge in [-0.1, -0.05) is 23.4 Å². The quantitative estimate of drug-likeness (QED) is 0.821. The SMILES string of the molecule is COc1ccc(Cn2cc(CN3CC=CS3(=O)=O)nn2)cc1. The van der Waals surface area contributed by atoms with Crippen LogP contribution in [0.4, 0.5) is 0 Å². The van der Waals surface area contributed by atoms with Gasteiger partial charge in [0.1, 0.15) is 5.75 Å². The summed E-state index contributed by atoms with van der Waals surface area (Å²) in [5.41, 5.74) is 1.69. The first-order valence-corrected chi connectivity index (χ1v) is 8.26. The fourth-order valence-electron chi connectivity index (χ4n) is 2.21. The van der Waals surface area contributed by atoms with E-state index in [1.54, 1.807) is 24.1 Å². The van der Waals surface area contributed by atoms with Crippen molar-refractivity contribution >= 4 is 10.0 Å². The third kappa shape index (κ3) is 3.18. The third-order valence-electron chi connectivity index (χ3n) is 3.37. The first kappa shape index (κ1) is 14.7. The second-order valence-corrected chi connectivity index (χ2v) is 6.78. The molecule has 0 aliphatic carbocycles. The van der Waals surface area contributed by atoms with Crippen LogP contribution in [-0.4, -0.2) is 41.4 Å². The van der Waals surface area contributed by atoms with Gasteiger partial charge in [-0.15, -0.1) is 5.10 Å². The van der Waals surface area contributed by atoms with Crippen LogP contribution in [0, 0.1) is 0 Å². The summed E-state index contributed by atoms with van der Waals surface area (Å²) in [5.74, 6) is 0.801. The van der Waals surface area contributed by atoms with Gasteiger partial charge in [-0.05, 0) is 17.7 Å². The van der Waals surface area contributed by atoms with Gasteiger partial charge < -0.3 is 4.74 Å². The lowest BCUT2D eigenvalue weighted by molar-refractivity contribution is 0.414. The average molecular weight is 320 g/mol. The first-order valence-electron chi connectivity index (χ1n) is 6.75. The lowest BCUT2D eigenvalue weighted by Gasteiger charge is -2.11. The van der Waals surface area contributed by atoms with Crippen LogP contribution in [0.2, 0.25) is 0 Å². The fourth-order valence-corrected chi connectivity index (χ4v) is 3.32. The van der Waals surface area contributed by atoms with Crippen molar-refractivity contribution in [2.45, 2.75) is 13.1 Å². The van der Waals surface area contributed by atoms with Crippen molar-refractivity contribution in [3.05, 3.63) is 53.2 Å². The van der Waals surface area contributed by atoms with Crippen molar-refractivity contribution in [3.8, 4) is 5.75 Å². The molecule has 0 atom stereocenters. The molecule has 1 aromatic carbocycles. The minimum absolute atomic E-state index is 0.234. The third-order valence-corrected chi connectivity index (χ3v) is 4.90. The molecule has 0 radical (unpaired) electrons. The molecule has 2 heterocycles. The van der Waals surface area contributed by atoms with Crippen LogP contribution in [-0.2, 0) is 23.1 Å². The predicted molar refractivity (Wildman–Crippen MR) is 80.6 cm³/mol. The highest BCUT2D eigenvalue weighted by molar-refractivity contribution is 7.92. The Morgan fingerprint density at radius 3 is 2.64 bits per heavy atom. The monoisotopic (exact) mass is 320 g/mol. The fraction of sp³-hybridized carbons (Fsp3) is 0.286. The van der Waals surface area contributed by atoms with E-state index in [0.717, 1.165) is 11.3 Å². The van der Waals surface area contributed by atoms with Gasteiger partial charge in [0, 0.05) is 12.0 Å². The number of methoxy groups -OCH3 is 1. The Kier molecular flexibility index (Phi) is 3.95. The van der Waals surface area contributed by atoms with Gasteiger partial charge in [-0.3, -0.25) is 0 Å². The number of rotatable bonds is 5. The summed E-state index contributed by atoms with van der Waals surface area (Å²) in [7, 11) is -1.66. The van der Waals surface area contributed by atoms with E-state index < -0.39 is 10.0 Å². The Bertz CT molecular complexity index is 781. The summed E-state index contributed by atoms with van der Waals surface area (Å²) in [6, 6.07) is 7.68. The average Bonchev–Trinajstić information content (AvgIpc) is 3.07. The molecule has 3 rings (SSSR count). The van der Waals surface area contributed by atoms with E-state index in [0.29, 0.717) is 18.8 Å². The van der Waals surface area contributed by atoms with Gasteiger partial charge in [0.25, 0.3) is 0 Å². The van der Waals surface area contributed by atoms with Gasteiger partial charge in [0.15, 0.2) is 0 Å². The maximum absolute atomic E-state index is 11.7. The molecule has 1 aromatic heterocycles. The van der Waals surface area contributed by atoms with Gasteiger partial charge in [0.2, 0.25) is 10.0 Å². The number of sulfonamides is 1. The highest BCUT2D eigenvalue weighted by Gasteiger charge is 2.24. The molecule has 7 nitrogen and oxygen atoms in total. The van der Waals surface area contributed by atoms with Gasteiger partial charge in [0.05, 0.1) is 32.1 Å². The van der Waals surface area contributed by atoms with E-state index in [1.165, 1.54) is 9.71 Å². The number of aromatic nitrogens is 3. The Hall–Kier alpha value is -2.19. The molecule has 0 bridgehead atoms. The van der Waals surface area contributed by atoms with Crippen LogP contribution in [0.25, 0.3) is 0 Å². The smallest absolute Gasteiger partial charge is 0.236 e. The van der Waals surface area contributed by atoms with E-state index in [9.17, 15) is 8.42 Å². The molecule has 0 fully saturated rings. The van der Waals surface area contributed by atoms with E-state index >= 15 is 0 Å². The van der Waals surface area contributed by atoms with Crippen LogP contribution < -0.4 is 4.74 Å². The number of nitrogens with zero attached hydrogens (tertiary/aromatic N) is 4. The van der Waals surface area contributed by atoms with E-state index in [2.05, 4.69) is 10.3 Å². The highest BCUT2D eigenvalue weighted by atomic mass is 32.2. The molecule has 0 saturated carbocycles. The first-order chi connectivity index (χ1) is 10.6. The summed E-state index contributed by atoms with van der Waals surface area (Å²) in [6.45, 7) is 1.19. The molecular formula is C14H16N4O3S. The standard InChI is InChI=1S/C14H16N4O3S/c1-21-14-5-3-12(4-6-14)9-17-10-13(15-16-17)11-18-7-2-8-22(18,19)20/h2-6,8,10H,7,9,11H2,1H3. The number of ether oxygens (including phenoxy) is 1. The highest BCUT2D eigenvalue weighted by Crippen LogP contribution is 2.15. The molecule has 0 unspecified atom stereocenters. The summed E-state index contributed by atoms with van der Waals surface area (Å²) >= 11 is 0. The second kappa shape index (κ2) is 5.90. The van der Waals surface area contributed by atoms with Crippen LogP contribution >= 0.6 is 0 Å². The molecule has 0 N–H and O–H groups in total. The molecule has 2 aromatic rings. The molecule has 0 spiro atoms. The van der Waals surface area contributed by atoms with E-state index in [1.807, 2.05) is 24.3 Å². The summed E-state index contributed by atoms with van der Waals surface area (Å²) in [4.78, 5) is 0. The Balaban J connectivity index is 1.66. The lowest BCUT2D eigenvalue weighted by Crippen LogP contribution is -2.24. The van der Waals surface area contributed by atoms with Crippen molar-refractivity contribution in [2.75, 3.05) is 13.7 Å². The van der Waals surface area contributed by atoms with Crippen LogP contribution in [0.15, 0.2) is 41.9 Å². The predicted octanol–water partition coefficient (Wildman–Crippen LogP) is 0.994. The Morgan fingerprint density at radius 2 is 2.00 bits per heavy atom. The van der Waals surface area contributed by atoms with Crippen molar-refractivity contribution in [1.29, 1.82) is 0 Å². The molecule has 8 heteroatoms. The maximum atomic E-state index is 11.7. The maximum Gasteiger partial charge on any atom is 0.236 e. The number of benzene rings is 1. The Morgan fingerprint density at radius 1 is 1.23 bits per heavy atom. The minimum Gasteiger partial charge on any atom is -0.497 e. The zero-order valence-corrected chi connectivity index (χ0v) is 12.9. The molecular weight excluding hydrogens is 304 g/mol. The summed E-state index contributed by atoms with van der Waals surface area (Å²) in [5, 5.41) is 9.28.